The molecule has 0 aliphatic carbocycles. The van der Waals surface area contributed by atoms with E-state index in [1.807, 2.05) is 30.3 Å². The molecule has 0 saturated carbocycles. The van der Waals surface area contributed by atoms with Crippen LogP contribution in [0.1, 0.15) is 25.3 Å². The summed E-state index contributed by atoms with van der Waals surface area (Å²) >= 11 is 0. The molecule has 4 heterocycles. The van der Waals surface area contributed by atoms with Crippen LogP contribution < -0.4 is 20.9 Å². The Balaban J connectivity index is 1.47. The molecule has 0 spiro atoms. The van der Waals surface area contributed by atoms with Gasteiger partial charge in [0, 0.05) is 38.0 Å². The summed E-state index contributed by atoms with van der Waals surface area (Å²) < 4.78 is 12.7. The summed E-state index contributed by atoms with van der Waals surface area (Å²) in [5.74, 6) is 1.04. The highest BCUT2D eigenvalue weighted by molar-refractivity contribution is 6.06. The van der Waals surface area contributed by atoms with Crippen molar-refractivity contribution in [3.05, 3.63) is 64.7 Å². The van der Waals surface area contributed by atoms with Crippen LogP contribution in [0.15, 0.2) is 58.6 Å². The van der Waals surface area contributed by atoms with E-state index in [2.05, 4.69) is 27.6 Å². The van der Waals surface area contributed by atoms with E-state index in [4.69, 9.17) is 14.5 Å². The number of hydrogen-bond donors (Lipinski definition) is 2. The predicted molar refractivity (Wildman–Crippen MR) is 146 cm³/mol. The average molecular weight is 517 g/mol. The largest absolute Gasteiger partial charge is 0.489 e. The van der Waals surface area contributed by atoms with Gasteiger partial charge in [0.05, 0.1) is 30.7 Å². The Labute approximate surface area is 221 Å². The number of alkyl carbamates (subject to hydrolysis) is 1. The molecule has 1 amide bonds. The normalized spacial score (nSPS) is 15.7. The molecule has 2 aliphatic rings. The molecule has 1 fully saturated rings. The van der Waals surface area contributed by atoms with Gasteiger partial charge in [-0.25, -0.2) is 9.79 Å². The number of anilines is 1. The maximum atomic E-state index is 12.3. The van der Waals surface area contributed by atoms with E-state index in [1.54, 1.807) is 32.4 Å². The number of aromatic nitrogens is 2. The average Bonchev–Trinajstić information content (AvgIpc) is 2.91. The number of pyridine rings is 2. The monoisotopic (exact) mass is 516 g/mol. The Morgan fingerprint density at radius 2 is 1.95 bits per heavy atom. The van der Waals surface area contributed by atoms with E-state index in [1.165, 1.54) is 4.57 Å². The van der Waals surface area contributed by atoms with E-state index in [-0.39, 0.29) is 18.3 Å². The molecule has 0 atom stereocenters. The minimum atomic E-state index is -0.575. The van der Waals surface area contributed by atoms with Gasteiger partial charge < -0.3 is 24.3 Å². The first-order valence-electron chi connectivity index (χ1n) is 12.8. The zero-order chi connectivity index (χ0) is 26.6. The highest BCUT2D eigenvalue weighted by Gasteiger charge is 2.22. The number of rotatable bonds is 5. The standard InChI is InChI=1S/C28H32N6O4/c1-4-37-28(36)32-27-30-16-20-13-19(18-7-12-34(3)25(35)15-18)14-23(26(20)31-27)24-6-5-22(17-29-24)38-21-8-10-33(2)11-9-21/h5-7,12-15,17,21H,4,8-11,16H2,1-3H3,(H2,30,31,32,36). The van der Waals surface area contributed by atoms with Gasteiger partial charge in [-0.15, -0.1) is 0 Å². The van der Waals surface area contributed by atoms with Crippen LogP contribution in [-0.2, 0) is 18.3 Å². The summed E-state index contributed by atoms with van der Waals surface area (Å²) in [4.78, 5) is 35.8. The van der Waals surface area contributed by atoms with Crippen molar-refractivity contribution >= 4 is 17.7 Å². The minimum absolute atomic E-state index is 0.0904. The van der Waals surface area contributed by atoms with Crippen LogP contribution >= 0.6 is 0 Å². The molecule has 38 heavy (non-hydrogen) atoms. The number of guanidine groups is 1. The van der Waals surface area contributed by atoms with Crippen LogP contribution in [0.5, 0.6) is 5.75 Å². The summed E-state index contributed by atoms with van der Waals surface area (Å²) in [6, 6.07) is 11.4. The van der Waals surface area contributed by atoms with Crippen molar-refractivity contribution in [2.45, 2.75) is 32.4 Å². The van der Waals surface area contributed by atoms with Crippen LogP contribution in [0.4, 0.5) is 10.5 Å². The van der Waals surface area contributed by atoms with Gasteiger partial charge >= 0.3 is 6.09 Å². The van der Waals surface area contributed by atoms with E-state index >= 15 is 0 Å². The molecule has 10 nitrogen and oxygen atoms in total. The number of nitrogens with zero attached hydrogens (tertiary/aromatic N) is 4. The molecule has 0 unspecified atom stereocenters. The third-order valence-corrected chi connectivity index (χ3v) is 6.79. The zero-order valence-corrected chi connectivity index (χ0v) is 21.9. The summed E-state index contributed by atoms with van der Waals surface area (Å²) in [6.07, 6.45) is 5.09. The highest BCUT2D eigenvalue weighted by atomic mass is 16.5. The van der Waals surface area contributed by atoms with E-state index < -0.39 is 6.09 Å². The number of benzene rings is 1. The number of hydrogen-bond acceptors (Lipinski definition) is 8. The minimum Gasteiger partial charge on any atom is -0.489 e. The number of fused-ring (bicyclic) bond motifs is 1. The smallest absolute Gasteiger partial charge is 0.413 e. The van der Waals surface area contributed by atoms with E-state index in [9.17, 15) is 9.59 Å². The number of carbonyl (C=O) groups is 1. The molecular weight excluding hydrogens is 484 g/mol. The van der Waals surface area contributed by atoms with Gasteiger partial charge in [-0.2, -0.15) is 0 Å². The second kappa shape index (κ2) is 11.1. The van der Waals surface area contributed by atoms with Gasteiger partial charge in [-0.1, -0.05) is 0 Å². The quantitative estimate of drug-likeness (QED) is 0.533. The SMILES string of the molecule is CCOC(=O)NC1=NCc2cc(-c3ccn(C)c(=O)c3)cc(-c3ccc(OC4CCN(C)CC4)cn3)c2N1. The first-order chi connectivity index (χ1) is 18.4. The van der Waals surface area contributed by atoms with E-state index in [0.717, 1.165) is 65.3 Å². The lowest BCUT2D eigenvalue weighted by molar-refractivity contribution is 0.114. The van der Waals surface area contributed by atoms with Crippen molar-refractivity contribution in [1.29, 1.82) is 0 Å². The summed E-state index contributed by atoms with van der Waals surface area (Å²) in [6.45, 7) is 4.39. The topological polar surface area (TPSA) is 110 Å². The van der Waals surface area contributed by atoms with Gasteiger partial charge in [-0.05, 0) is 73.8 Å². The van der Waals surface area contributed by atoms with Gasteiger partial charge in [0.25, 0.3) is 5.56 Å². The molecule has 1 saturated heterocycles. The van der Waals surface area contributed by atoms with Crippen molar-refractivity contribution in [3.8, 4) is 28.1 Å². The van der Waals surface area contributed by atoms with Gasteiger partial charge in [-0.3, -0.25) is 15.1 Å². The lowest BCUT2D eigenvalue weighted by atomic mass is 9.95. The van der Waals surface area contributed by atoms with Crippen molar-refractivity contribution in [1.82, 2.24) is 19.8 Å². The van der Waals surface area contributed by atoms with Crippen molar-refractivity contribution in [2.24, 2.45) is 12.0 Å². The fourth-order valence-corrected chi connectivity index (χ4v) is 4.63. The summed E-state index contributed by atoms with van der Waals surface area (Å²) in [5, 5.41) is 5.88. The molecule has 0 radical (unpaired) electrons. The zero-order valence-electron chi connectivity index (χ0n) is 21.9. The number of ether oxygens (including phenoxy) is 2. The predicted octanol–water partition coefficient (Wildman–Crippen LogP) is 3.61. The van der Waals surface area contributed by atoms with Gasteiger partial charge in [0.2, 0.25) is 5.96 Å². The maximum Gasteiger partial charge on any atom is 0.413 e. The highest BCUT2D eigenvalue weighted by Crippen LogP contribution is 2.37. The summed E-state index contributed by atoms with van der Waals surface area (Å²) in [7, 11) is 3.85. The first kappa shape index (κ1) is 25.5. The molecule has 0 bridgehead atoms. The molecule has 5 rings (SSSR count). The Morgan fingerprint density at radius 1 is 1.13 bits per heavy atom. The molecule has 2 aromatic heterocycles. The number of piperidine rings is 1. The Kier molecular flexibility index (Phi) is 7.41. The van der Waals surface area contributed by atoms with Crippen LogP contribution in [0, 0.1) is 0 Å². The fraction of sp³-hybridized carbons (Fsp3) is 0.357. The summed E-state index contributed by atoms with van der Waals surface area (Å²) in [5.41, 5.74) is 4.85. The Hall–Kier alpha value is -4.18. The van der Waals surface area contributed by atoms with Crippen LogP contribution in [0.3, 0.4) is 0 Å². The molecular formula is C28H32N6O4. The molecule has 10 heteroatoms. The van der Waals surface area contributed by atoms with Crippen molar-refractivity contribution < 1.29 is 14.3 Å². The van der Waals surface area contributed by atoms with Crippen LogP contribution in [-0.4, -0.2) is 59.4 Å². The number of nitrogens with one attached hydrogen (secondary N) is 2. The van der Waals surface area contributed by atoms with Crippen molar-refractivity contribution in [3.63, 3.8) is 0 Å². The third kappa shape index (κ3) is 5.70. The second-order valence-corrected chi connectivity index (χ2v) is 9.56. The molecule has 198 valence electrons. The number of carbonyl (C=O) groups excluding carboxylic acids is 1. The maximum absolute atomic E-state index is 12.3. The number of likely N-dealkylation sites (tertiary alicyclic amines) is 1. The molecule has 2 aliphatic heterocycles. The Bertz CT molecular complexity index is 1410. The van der Waals surface area contributed by atoms with Gasteiger partial charge in [0.15, 0.2) is 0 Å². The van der Waals surface area contributed by atoms with Crippen molar-refractivity contribution in [2.75, 3.05) is 32.1 Å². The fourth-order valence-electron chi connectivity index (χ4n) is 4.63. The third-order valence-electron chi connectivity index (χ3n) is 6.79. The molecule has 2 N–H and O–H groups in total. The second-order valence-electron chi connectivity index (χ2n) is 9.56. The number of aliphatic imine (C=N–C) groups is 1. The Morgan fingerprint density at radius 3 is 2.66 bits per heavy atom. The lowest BCUT2D eigenvalue weighted by Crippen LogP contribution is -2.38. The number of amides is 1. The first-order valence-corrected chi connectivity index (χ1v) is 12.8. The molecule has 1 aromatic carbocycles. The van der Waals surface area contributed by atoms with E-state index in [0.29, 0.717) is 12.5 Å². The molecule has 3 aromatic rings. The lowest BCUT2D eigenvalue weighted by Gasteiger charge is -2.29. The van der Waals surface area contributed by atoms with Crippen LogP contribution in [0.2, 0.25) is 0 Å². The van der Waals surface area contributed by atoms with Gasteiger partial charge in [0.1, 0.15) is 11.9 Å². The van der Waals surface area contributed by atoms with Crippen LogP contribution in [0.25, 0.3) is 22.4 Å². The number of aryl methyl sites for hydroxylation is 1.